The molecule has 0 unspecified atom stereocenters. The molecule has 1 aliphatic rings. The minimum Gasteiger partial charge on any atom is -0.497 e. The Morgan fingerprint density at radius 3 is 2.96 bits per heavy atom. The zero-order valence-electron chi connectivity index (χ0n) is 14.7. The summed E-state index contributed by atoms with van der Waals surface area (Å²) < 4.78 is 10.9. The van der Waals surface area contributed by atoms with Gasteiger partial charge in [-0.25, -0.2) is 0 Å². The Labute approximate surface area is 150 Å². The maximum Gasteiger partial charge on any atom is 0.227 e. The number of hydrogen-bond acceptors (Lipinski definition) is 5. The summed E-state index contributed by atoms with van der Waals surface area (Å²) in [7, 11) is 3.30. The number of methoxy groups -OCH3 is 2. The number of amides is 1. The van der Waals surface area contributed by atoms with E-state index in [1.54, 1.807) is 20.4 Å². The Morgan fingerprint density at radius 2 is 2.23 bits per heavy atom. The second-order valence-electron chi connectivity index (χ2n) is 6.48. The number of carbonyl (C=O) groups is 1. The van der Waals surface area contributed by atoms with Crippen LogP contribution in [0.15, 0.2) is 30.6 Å². The maximum absolute atomic E-state index is 12.9. The molecule has 136 valence electrons. The highest BCUT2D eigenvalue weighted by Gasteiger charge is 2.37. The number of hydrogen-bond donors (Lipinski definition) is 2. The minimum absolute atomic E-state index is 0.0331. The van der Waals surface area contributed by atoms with Crippen LogP contribution in [0.1, 0.15) is 17.2 Å². The lowest BCUT2D eigenvalue weighted by atomic mass is 10.0. The van der Waals surface area contributed by atoms with Crippen molar-refractivity contribution in [1.82, 2.24) is 25.3 Å². The van der Waals surface area contributed by atoms with Gasteiger partial charge >= 0.3 is 0 Å². The first-order valence-corrected chi connectivity index (χ1v) is 8.50. The molecule has 1 saturated heterocycles. The lowest BCUT2D eigenvalue weighted by Gasteiger charge is -2.15. The number of nitrogens with one attached hydrogen (secondary N) is 2. The number of benzene rings is 1. The molecule has 8 heteroatoms. The standard InChI is InChI=1S/C18H21N5O3/c1-25-12-3-4-15-13(6-12)11(7-19-15)5-18(24)23-9-14(17(10-23)26-2)16-8-20-22-21-16/h3-4,6-8,14,17,19H,5,9-10H2,1-2H3,(H,20,21,22)/t14-,17+/m0/s1. The fourth-order valence-corrected chi connectivity index (χ4v) is 3.60. The van der Waals surface area contributed by atoms with Gasteiger partial charge in [0.2, 0.25) is 5.91 Å². The molecule has 1 fully saturated rings. The van der Waals surface area contributed by atoms with E-state index in [0.29, 0.717) is 19.5 Å². The zero-order chi connectivity index (χ0) is 18.1. The van der Waals surface area contributed by atoms with Crippen LogP contribution in [0.4, 0.5) is 0 Å². The Bertz CT molecular complexity index is 905. The first-order chi connectivity index (χ1) is 12.7. The molecule has 26 heavy (non-hydrogen) atoms. The molecule has 1 amide bonds. The maximum atomic E-state index is 12.9. The van der Waals surface area contributed by atoms with Crippen LogP contribution in [-0.4, -0.2) is 64.6 Å². The number of aromatic amines is 2. The number of aromatic nitrogens is 4. The Hall–Kier alpha value is -2.87. The number of rotatable bonds is 5. The van der Waals surface area contributed by atoms with Gasteiger partial charge in [-0.2, -0.15) is 15.4 Å². The van der Waals surface area contributed by atoms with Gasteiger partial charge in [0.05, 0.1) is 37.4 Å². The van der Waals surface area contributed by atoms with Crippen LogP contribution in [0.25, 0.3) is 10.9 Å². The fraction of sp³-hybridized carbons (Fsp3) is 0.389. The van der Waals surface area contributed by atoms with Crippen molar-refractivity contribution in [3.63, 3.8) is 0 Å². The number of likely N-dealkylation sites (tertiary alicyclic amines) is 1. The molecule has 3 aromatic rings. The average molecular weight is 355 g/mol. The van der Waals surface area contributed by atoms with Crippen LogP contribution in [-0.2, 0) is 16.0 Å². The summed E-state index contributed by atoms with van der Waals surface area (Å²) in [5, 5.41) is 11.7. The van der Waals surface area contributed by atoms with Crippen molar-refractivity contribution in [2.75, 3.05) is 27.3 Å². The van der Waals surface area contributed by atoms with Gasteiger partial charge in [0.15, 0.2) is 0 Å². The van der Waals surface area contributed by atoms with E-state index in [0.717, 1.165) is 27.9 Å². The van der Waals surface area contributed by atoms with Crippen molar-refractivity contribution in [2.24, 2.45) is 0 Å². The number of ether oxygens (including phenoxy) is 2. The predicted molar refractivity (Wildman–Crippen MR) is 95.1 cm³/mol. The molecule has 4 rings (SSSR count). The Kier molecular flexibility index (Phi) is 4.34. The third kappa shape index (κ3) is 2.92. The fourth-order valence-electron chi connectivity index (χ4n) is 3.60. The lowest BCUT2D eigenvalue weighted by molar-refractivity contribution is -0.129. The van der Waals surface area contributed by atoms with Crippen molar-refractivity contribution in [1.29, 1.82) is 0 Å². The van der Waals surface area contributed by atoms with Crippen LogP contribution in [0.3, 0.4) is 0 Å². The van der Waals surface area contributed by atoms with Gasteiger partial charge < -0.3 is 19.4 Å². The largest absolute Gasteiger partial charge is 0.497 e. The Morgan fingerprint density at radius 1 is 1.35 bits per heavy atom. The topological polar surface area (TPSA) is 96.1 Å². The zero-order valence-corrected chi connectivity index (χ0v) is 14.7. The molecule has 8 nitrogen and oxygen atoms in total. The first-order valence-electron chi connectivity index (χ1n) is 8.50. The molecule has 1 aromatic carbocycles. The van der Waals surface area contributed by atoms with E-state index in [9.17, 15) is 4.79 Å². The van der Waals surface area contributed by atoms with Gasteiger partial charge in [0.25, 0.3) is 0 Å². The van der Waals surface area contributed by atoms with Crippen LogP contribution in [0, 0.1) is 0 Å². The van der Waals surface area contributed by atoms with Crippen molar-refractivity contribution in [3.8, 4) is 5.75 Å². The van der Waals surface area contributed by atoms with Crippen molar-refractivity contribution >= 4 is 16.8 Å². The average Bonchev–Trinajstić information content (AvgIpc) is 3.40. The van der Waals surface area contributed by atoms with Gasteiger partial charge in [-0.15, -0.1) is 0 Å². The summed E-state index contributed by atoms with van der Waals surface area (Å²) in [6.45, 7) is 1.13. The summed E-state index contributed by atoms with van der Waals surface area (Å²) in [5.74, 6) is 0.880. The number of fused-ring (bicyclic) bond motifs is 1. The van der Waals surface area contributed by atoms with Crippen LogP contribution >= 0.6 is 0 Å². The SMILES string of the molecule is COc1ccc2[nH]cc(CC(=O)N3C[C@@H](OC)[C@H](c4cn[nH]n4)C3)c2c1. The van der Waals surface area contributed by atoms with Crippen molar-refractivity contribution < 1.29 is 14.3 Å². The second kappa shape index (κ2) is 6.80. The van der Waals surface area contributed by atoms with E-state index in [1.807, 2.05) is 29.3 Å². The monoisotopic (exact) mass is 355 g/mol. The van der Waals surface area contributed by atoms with E-state index in [1.165, 1.54) is 0 Å². The molecular formula is C18H21N5O3. The van der Waals surface area contributed by atoms with Gasteiger partial charge in [0, 0.05) is 37.3 Å². The van der Waals surface area contributed by atoms with Crippen LogP contribution in [0.5, 0.6) is 5.75 Å². The van der Waals surface area contributed by atoms with Crippen molar-refractivity contribution in [2.45, 2.75) is 18.4 Å². The molecule has 3 heterocycles. The molecule has 2 atom stereocenters. The number of carbonyl (C=O) groups excluding carboxylic acids is 1. The molecule has 1 aliphatic heterocycles. The Balaban J connectivity index is 1.52. The highest BCUT2D eigenvalue weighted by Crippen LogP contribution is 2.29. The molecule has 0 radical (unpaired) electrons. The van der Waals surface area contributed by atoms with E-state index >= 15 is 0 Å². The summed E-state index contributed by atoms with van der Waals surface area (Å²) in [6, 6.07) is 5.81. The first kappa shape index (κ1) is 16.6. The predicted octanol–water partition coefficient (Wildman–Crippen LogP) is 1.48. The molecule has 0 spiro atoms. The smallest absolute Gasteiger partial charge is 0.227 e. The van der Waals surface area contributed by atoms with Crippen LogP contribution in [0.2, 0.25) is 0 Å². The highest BCUT2D eigenvalue weighted by molar-refractivity contribution is 5.90. The minimum atomic E-state index is -0.0767. The second-order valence-corrected chi connectivity index (χ2v) is 6.48. The number of H-pyrrole nitrogens is 2. The van der Waals surface area contributed by atoms with E-state index in [4.69, 9.17) is 9.47 Å². The lowest BCUT2D eigenvalue weighted by Crippen LogP contribution is -2.31. The summed E-state index contributed by atoms with van der Waals surface area (Å²) in [6.07, 6.45) is 3.83. The van der Waals surface area contributed by atoms with E-state index < -0.39 is 0 Å². The number of nitrogens with zero attached hydrogens (tertiary/aromatic N) is 3. The molecule has 0 aliphatic carbocycles. The highest BCUT2D eigenvalue weighted by atomic mass is 16.5. The van der Waals surface area contributed by atoms with E-state index in [-0.39, 0.29) is 17.9 Å². The molecular weight excluding hydrogens is 334 g/mol. The normalized spacial score (nSPS) is 20.0. The molecule has 2 N–H and O–H groups in total. The van der Waals surface area contributed by atoms with Crippen molar-refractivity contribution in [3.05, 3.63) is 41.9 Å². The molecule has 2 aromatic heterocycles. The summed E-state index contributed by atoms with van der Waals surface area (Å²) >= 11 is 0. The van der Waals surface area contributed by atoms with Gasteiger partial charge in [0.1, 0.15) is 5.75 Å². The summed E-state index contributed by atoms with van der Waals surface area (Å²) in [4.78, 5) is 17.9. The van der Waals surface area contributed by atoms with Gasteiger partial charge in [-0.3, -0.25) is 4.79 Å². The van der Waals surface area contributed by atoms with E-state index in [2.05, 4.69) is 20.4 Å². The third-order valence-electron chi connectivity index (χ3n) is 5.05. The summed E-state index contributed by atoms with van der Waals surface area (Å²) in [5.41, 5.74) is 2.77. The quantitative estimate of drug-likeness (QED) is 0.723. The molecule has 0 saturated carbocycles. The third-order valence-corrected chi connectivity index (χ3v) is 5.05. The molecule has 0 bridgehead atoms. The van der Waals surface area contributed by atoms with Gasteiger partial charge in [-0.1, -0.05) is 0 Å². The van der Waals surface area contributed by atoms with Crippen LogP contribution < -0.4 is 4.74 Å². The van der Waals surface area contributed by atoms with Gasteiger partial charge in [-0.05, 0) is 23.8 Å².